The molecule has 0 fully saturated rings. The molecule has 43 heavy (non-hydrogen) atoms. The number of benzene rings is 2. The predicted octanol–water partition coefficient (Wildman–Crippen LogP) is 11.7. The second-order valence-corrected chi connectivity index (χ2v) is 12.6. The first-order valence-corrected chi connectivity index (χ1v) is 16.7. The van der Waals surface area contributed by atoms with Gasteiger partial charge in [-0.05, 0) is 72.5 Å². The van der Waals surface area contributed by atoms with E-state index in [2.05, 4.69) is 13.5 Å². The first-order chi connectivity index (χ1) is 20.7. The number of halogens is 3. The maximum atomic E-state index is 14.1. The lowest BCUT2D eigenvalue weighted by atomic mass is 9.96. The Balaban J connectivity index is 1.47. The van der Waals surface area contributed by atoms with Crippen molar-refractivity contribution in [2.75, 3.05) is 13.2 Å². The number of hydrogen-bond donors (Lipinski definition) is 0. The summed E-state index contributed by atoms with van der Waals surface area (Å²) in [6, 6.07) is 12.2. The van der Waals surface area contributed by atoms with Crippen molar-refractivity contribution in [1.82, 2.24) is 0 Å². The molecule has 3 aromatic rings. The fourth-order valence-electron chi connectivity index (χ4n) is 5.03. The van der Waals surface area contributed by atoms with E-state index < -0.39 is 11.7 Å². The number of aryl methyl sites for hydroxylation is 1. The standard InChI is InChI=1S/C35H43F3O3S2/c1-3-5-13-16-26-17-20-29(31(23-26)35(36,37)38)30-24-27-18-19-28(25-32(27)43-34(30)42)40-21-14-11-9-7-6-8-10-12-15-22-41-33(39)4-2/h4,17-20,23-25H,2-3,5-16,21-22H2,1H3. The topological polar surface area (TPSA) is 35.5 Å². The quantitative estimate of drug-likeness (QED) is 0.0570. The Hall–Kier alpha value is -2.71. The molecular weight excluding hydrogens is 590 g/mol. The summed E-state index contributed by atoms with van der Waals surface area (Å²) >= 11 is 6.92. The average Bonchev–Trinajstić information content (AvgIpc) is 2.98. The third-order valence-corrected chi connectivity index (χ3v) is 8.87. The lowest BCUT2D eigenvalue weighted by Crippen LogP contribution is -2.08. The van der Waals surface area contributed by atoms with Gasteiger partial charge in [-0.3, -0.25) is 0 Å². The van der Waals surface area contributed by atoms with Crippen LogP contribution in [0, 0.1) is 3.82 Å². The monoisotopic (exact) mass is 632 g/mol. The van der Waals surface area contributed by atoms with Crippen molar-refractivity contribution in [2.45, 2.75) is 96.6 Å². The number of esters is 1. The van der Waals surface area contributed by atoms with Crippen LogP contribution in [-0.2, 0) is 22.1 Å². The average molecular weight is 633 g/mol. The van der Waals surface area contributed by atoms with Crippen LogP contribution < -0.4 is 4.74 Å². The first kappa shape index (κ1) is 34.8. The van der Waals surface area contributed by atoms with Crippen molar-refractivity contribution in [2.24, 2.45) is 0 Å². The van der Waals surface area contributed by atoms with Gasteiger partial charge < -0.3 is 9.47 Å². The van der Waals surface area contributed by atoms with Gasteiger partial charge in [-0.15, -0.1) is 11.3 Å². The van der Waals surface area contributed by atoms with E-state index >= 15 is 0 Å². The Morgan fingerprint density at radius 2 is 1.53 bits per heavy atom. The summed E-state index contributed by atoms with van der Waals surface area (Å²) in [6.07, 6.45) is 10.2. The number of fused-ring (bicyclic) bond motifs is 1. The second kappa shape index (κ2) is 18.2. The van der Waals surface area contributed by atoms with Crippen LogP contribution in [0.4, 0.5) is 13.2 Å². The Morgan fingerprint density at radius 1 is 0.860 bits per heavy atom. The fourth-order valence-corrected chi connectivity index (χ4v) is 6.36. The molecule has 0 aliphatic heterocycles. The molecule has 0 unspecified atom stereocenters. The van der Waals surface area contributed by atoms with Gasteiger partial charge in [0, 0.05) is 16.3 Å². The van der Waals surface area contributed by atoms with E-state index in [-0.39, 0.29) is 11.5 Å². The molecular formula is C35H43F3O3S2. The molecule has 0 aliphatic rings. The maximum absolute atomic E-state index is 14.1. The highest BCUT2D eigenvalue weighted by atomic mass is 32.1. The van der Waals surface area contributed by atoms with Gasteiger partial charge >= 0.3 is 12.1 Å². The van der Waals surface area contributed by atoms with Crippen LogP contribution in [-0.4, -0.2) is 19.2 Å². The van der Waals surface area contributed by atoms with Crippen LogP contribution in [0.5, 0.6) is 5.75 Å². The Kier molecular flexibility index (Phi) is 14.7. The highest BCUT2D eigenvalue weighted by Crippen LogP contribution is 2.40. The van der Waals surface area contributed by atoms with Crippen molar-refractivity contribution >= 4 is 39.6 Å². The van der Waals surface area contributed by atoms with Gasteiger partial charge in [-0.25, -0.2) is 4.79 Å². The minimum absolute atomic E-state index is 0.141. The largest absolute Gasteiger partial charge is 0.494 e. The van der Waals surface area contributed by atoms with E-state index in [1.165, 1.54) is 49.2 Å². The number of hydrogen-bond acceptors (Lipinski definition) is 5. The molecule has 0 saturated heterocycles. The number of unbranched alkanes of at least 4 members (excludes halogenated alkanes) is 10. The van der Waals surface area contributed by atoms with Crippen LogP contribution in [0.2, 0.25) is 0 Å². The molecule has 0 amide bonds. The van der Waals surface area contributed by atoms with E-state index in [1.54, 1.807) is 18.2 Å². The van der Waals surface area contributed by atoms with E-state index in [1.807, 2.05) is 18.2 Å². The van der Waals surface area contributed by atoms with Crippen molar-refractivity contribution in [3.63, 3.8) is 0 Å². The zero-order chi connectivity index (χ0) is 31.1. The van der Waals surface area contributed by atoms with E-state index in [4.69, 9.17) is 21.7 Å². The summed E-state index contributed by atoms with van der Waals surface area (Å²) in [5.74, 6) is 0.391. The molecule has 0 saturated carbocycles. The zero-order valence-corrected chi connectivity index (χ0v) is 26.7. The molecule has 234 valence electrons. The third kappa shape index (κ3) is 11.7. The summed E-state index contributed by atoms with van der Waals surface area (Å²) in [6.45, 7) is 6.55. The Morgan fingerprint density at radius 3 is 2.19 bits per heavy atom. The van der Waals surface area contributed by atoms with E-state index in [9.17, 15) is 18.0 Å². The smallest absolute Gasteiger partial charge is 0.417 e. The highest BCUT2D eigenvalue weighted by molar-refractivity contribution is 7.74. The van der Waals surface area contributed by atoms with Gasteiger partial charge in [-0.1, -0.05) is 95.6 Å². The van der Waals surface area contributed by atoms with Crippen LogP contribution in [0.25, 0.3) is 21.2 Å². The lowest BCUT2D eigenvalue weighted by Gasteiger charge is -2.16. The fraction of sp³-hybridized carbons (Fsp3) is 0.486. The molecule has 2 aromatic carbocycles. The van der Waals surface area contributed by atoms with Gasteiger partial charge in [0.2, 0.25) is 0 Å². The summed E-state index contributed by atoms with van der Waals surface area (Å²) in [7, 11) is 0. The molecule has 3 rings (SSSR count). The zero-order valence-electron chi connectivity index (χ0n) is 25.1. The molecule has 1 heterocycles. The second-order valence-electron chi connectivity index (χ2n) is 10.9. The summed E-state index contributed by atoms with van der Waals surface area (Å²) in [5.41, 5.74) is 0.673. The van der Waals surface area contributed by atoms with Gasteiger partial charge in [0.25, 0.3) is 0 Å². The Labute approximate surface area is 263 Å². The summed E-state index contributed by atoms with van der Waals surface area (Å²) < 4.78 is 54.5. The van der Waals surface area contributed by atoms with Crippen LogP contribution in [0.1, 0.15) is 95.1 Å². The lowest BCUT2D eigenvalue weighted by molar-refractivity contribution is -0.138. The molecule has 0 aliphatic carbocycles. The normalized spacial score (nSPS) is 11.5. The molecule has 0 bridgehead atoms. The van der Waals surface area contributed by atoms with Gasteiger partial charge in [-0.2, -0.15) is 13.2 Å². The summed E-state index contributed by atoms with van der Waals surface area (Å²) in [4.78, 5) is 11.0. The molecule has 0 N–H and O–H groups in total. The van der Waals surface area contributed by atoms with Crippen LogP contribution >= 0.6 is 23.6 Å². The van der Waals surface area contributed by atoms with E-state index in [0.29, 0.717) is 34.6 Å². The number of carbonyl (C=O) groups excluding carboxylic acids is 1. The number of ether oxygens (including phenoxy) is 2. The van der Waals surface area contributed by atoms with Crippen LogP contribution in [0.15, 0.2) is 55.1 Å². The first-order valence-electron chi connectivity index (χ1n) is 15.4. The van der Waals surface area contributed by atoms with Crippen molar-refractivity contribution in [3.05, 3.63) is 70.1 Å². The van der Waals surface area contributed by atoms with Crippen LogP contribution in [0.3, 0.4) is 0 Å². The van der Waals surface area contributed by atoms with Crippen molar-refractivity contribution in [1.29, 1.82) is 0 Å². The van der Waals surface area contributed by atoms with Gasteiger partial charge in [0.05, 0.1) is 22.6 Å². The molecule has 3 nitrogen and oxygen atoms in total. The SMILES string of the molecule is C=CC(=O)OCCCCCCCCCCCOc1ccc2cc(-c3ccc(CCCCC)cc3C(F)(F)F)c(=S)sc2c1. The van der Waals surface area contributed by atoms with E-state index in [0.717, 1.165) is 67.2 Å². The molecule has 8 heteroatoms. The van der Waals surface area contributed by atoms with Gasteiger partial charge in [0.1, 0.15) is 5.75 Å². The summed E-state index contributed by atoms with van der Waals surface area (Å²) in [5, 5.41) is 0.846. The predicted molar refractivity (Wildman–Crippen MR) is 175 cm³/mol. The number of rotatable bonds is 19. The third-order valence-electron chi connectivity index (χ3n) is 7.42. The molecule has 1 aromatic heterocycles. The van der Waals surface area contributed by atoms with Gasteiger partial charge in [0.15, 0.2) is 0 Å². The van der Waals surface area contributed by atoms with Crippen molar-refractivity contribution in [3.8, 4) is 16.9 Å². The number of carbonyl (C=O) groups is 1. The number of alkyl halides is 3. The molecule has 0 atom stereocenters. The Bertz CT molecular complexity index is 1380. The van der Waals surface area contributed by atoms with Crippen molar-refractivity contribution < 1.29 is 27.4 Å². The molecule has 0 spiro atoms. The maximum Gasteiger partial charge on any atom is 0.417 e. The molecule has 0 radical (unpaired) electrons. The highest BCUT2D eigenvalue weighted by Gasteiger charge is 2.34. The minimum atomic E-state index is -4.46. The minimum Gasteiger partial charge on any atom is -0.494 e.